The van der Waals surface area contributed by atoms with Crippen LogP contribution in [0, 0.1) is 0 Å². The minimum atomic E-state index is -1.14. The first-order chi connectivity index (χ1) is 16.9. The van der Waals surface area contributed by atoms with Gasteiger partial charge in [0, 0.05) is 49.4 Å². The Balaban J connectivity index is 2.06. The van der Waals surface area contributed by atoms with Crippen molar-refractivity contribution in [2.45, 2.75) is 50.9 Å². The summed E-state index contributed by atoms with van der Waals surface area (Å²) in [5.41, 5.74) is 1.18. The van der Waals surface area contributed by atoms with Gasteiger partial charge in [0.1, 0.15) is 18.5 Å². The van der Waals surface area contributed by atoms with Crippen LogP contribution in [0.25, 0.3) is 0 Å². The van der Waals surface area contributed by atoms with Crippen LogP contribution >= 0.6 is 0 Å². The molecule has 2 amide bonds. The SMILES string of the molecule is CCOCCCN(C(=O)CC)[C@@H]1C=C(C(=O)NCCO)[C@@H]2c3cc(C=O)cc(OC)c3O[C@@H]2[C@H]1O. The van der Waals surface area contributed by atoms with Gasteiger partial charge in [0.2, 0.25) is 11.8 Å². The monoisotopic (exact) mass is 490 g/mol. The predicted molar refractivity (Wildman–Crippen MR) is 127 cm³/mol. The highest BCUT2D eigenvalue weighted by atomic mass is 16.5. The third kappa shape index (κ3) is 5.50. The van der Waals surface area contributed by atoms with E-state index >= 15 is 0 Å². The molecule has 0 spiro atoms. The zero-order valence-corrected chi connectivity index (χ0v) is 20.4. The van der Waals surface area contributed by atoms with Gasteiger partial charge >= 0.3 is 0 Å². The molecular formula is C25H34N2O8. The van der Waals surface area contributed by atoms with Crippen molar-refractivity contribution in [1.29, 1.82) is 0 Å². The van der Waals surface area contributed by atoms with E-state index in [0.717, 1.165) is 0 Å². The summed E-state index contributed by atoms with van der Waals surface area (Å²) in [4.78, 5) is 39.1. The van der Waals surface area contributed by atoms with E-state index in [9.17, 15) is 24.6 Å². The first-order valence-electron chi connectivity index (χ1n) is 11.9. The topological polar surface area (TPSA) is 135 Å². The summed E-state index contributed by atoms with van der Waals surface area (Å²) in [5.74, 6) is -0.650. The summed E-state index contributed by atoms with van der Waals surface area (Å²) in [6.07, 6.45) is 1.04. The van der Waals surface area contributed by atoms with Crippen molar-refractivity contribution >= 4 is 18.1 Å². The van der Waals surface area contributed by atoms with Crippen LogP contribution in [0.4, 0.5) is 0 Å². The lowest BCUT2D eigenvalue weighted by Gasteiger charge is -2.40. The van der Waals surface area contributed by atoms with Crippen LogP contribution in [-0.4, -0.2) is 91.5 Å². The van der Waals surface area contributed by atoms with E-state index in [0.29, 0.717) is 60.7 Å². The van der Waals surface area contributed by atoms with Gasteiger partial charge in [-0.05, 0) is 31.6 Å². The van der Waals surface area contributed by atoms with Crippen molar-refractivity contribution in [3.8, 4) is 11.5 Å². The van der Waals surface area contributed by atoms with Gasteiger partial charge in [-0.1, -0.05) is 6.92 Å². The molecule has 0 aromatic heterocycles. The van der Waals surface area contributed by atoms with E-state index in [2.05, 4.69) is 5.32 Å². The zero-order valence-electron chi connectivity index (χ0n) is 20.4. The molecule has 0 bridgehead atoms. The molecule has 3 rings (SSSR count). The molecule has 1 aliphatic heterocycles. The summed E-state index contributed by atoms with van der Waals surface area (Å²) in [7, 11) is 1.44. The van der Waals surface area contributed by atoms with Crippen molar-refractivity contribution in [2.75, 3.05) is 40.0 Å². The fourth-order valence-electron chi connectivity index (χ4n) is 4.68. The molecule has 0 unspecified atom stereocenters. The number of benzene rings is 1. The van der Waals surface area contributed by atoms with Crippen LogP contribution in [0.2, 0.25) is 0 Å². The number of nitrogens with one attached hydrogen (secondary N) is 1. The number of aliphatic hydroxyl groups is 2. The highest BCUT2D eigenvalue weighted by molar-refractivity contribution is 5.96. The maximum absolute atomic E-state index is 13.2. The maximum atomic E-state index is 13.2. The molecule has 10 heteroatoms. The lowest BCUT2D eigenvalue weighted by atomic mass is 9.77. The minimum Gasteiger partial charge on any atom is -0.493 e. The largest absolute Gasteiger partial charge is 0.493 e. The van der Waals surface area contributed by atoms with E-state index in [4.69, 9.17) is 14.2 Å². The van der Waals surface area contributed by atoms with E-state index in [1.807, 2.05) is 6.92 Å². The maximum Gasteiger partial charge on any atom is 0.247 e. The fourth-order valence-corrected chi connectivity index (χ4v) is 4.68. The summed E-state index contributed by atoms with van der Waals surface area (Å²) < 4.78 is 17.0. The Morgan fingerprint density at radius 1 is 1.29 bits per heavy atom. The van der Waals surface area contributed by atoms with Gasteiger partial charge in [0.25, 0.3) is 0 Å². The number of nitrogens with zero attached hydrogens (tertiary/aromatic N) is 1. The van der Waals surface area contributed by atoms with Gasteiger partial charge in [-0.3, -0.25) is 14.4 Å². The van der Waals surface area contributed by atoms with Crippen molar-refractivity contribution in [1.82, 2.24) is 10.2 Å². The molecule has 1 aliphatic carbocycles. The second-order valence-electron chi connectivity index (χ2n) is 8.39. The summed E-state index contributed by atoms with van der Waals surface area (Å²) in [6.45, 7) is 4.77. The summed E-state index contributed by atoms with van der Waals surface area (Å²) in [5, 5.41) is 23.3. The highest BCUT2D eigenvalue weighted by Gasteiger charge is 2.51. The third-order valence-electron chi connectivity index (χ3n) is 6.29. The lowest BCUT2D eigenvalue weighted by Crippen LogP contribution is -2.56. The fraction of sp³-hybridized carbons (Fsp3) is 0.560. The average molecular weight is 491 g/mol. The number of methoxy groups -OCH3 is 1. The molecule has 1 aromatic rings. The van der Waals surface area contributed by atoms with Gasteiger partial charge in [-0.25, -0.2) is 0 Å². The van der Waals surface area contributed by atoms with Crippen LogP contribution in [0.15, 0.2) is 23.8 Å². The number of hydrogen-bond acceptors (Lipinski definition) is 8. The number of ether oxygens (including phenoxy) is 3. The summed E-state index contributed by atoms with van der Waals surface area (Å²) in [6, 6.07) is 2.33. The number of rotatable bonds is 12. The smallest absolute Gasteiger partial charge is 0.247 e. The molecule has 0 radical (unpaired) electrons. The quantitative estimate of drug-likeness (QED) is 0.289. The van der Waals surface area contributed by atoms with Crippen molar-refractivity contribution in [3.05, 3.63) is 34.9 Å². The first kappa shape index (κ1) is 26.7. The first-order valence-corrected chi connectivity index (χ1v) is 11.9. The molecule has 1 aromatic carbocycles. The van der Waals surface area contributed by atoms with Gasteiger partial charge in [0.05, 0.1) is 25.7 Å². The molecule has 192 valence electrons. The number of aliphatic hydroxyl groups excluding tert-OH is 2. The second-order valence-corrected chi connectivity index (χ2v) is 8.39. The third-order valence-corrected chi connectivity index (χ3v) is 6.29. The average Bonchev–Trinajstić information content (AvgIpc) is 3.27. The standard InChI is InChI=1S/C25H34N2O8/c1-4-20(30)27(8-6-10-34-5-2)18-13-17(25(32)26-7-9-28)21-16-11-15(14-29)12-19(33-3)23(16)35-24(21)22(18)31/h11-14,18,21-22,24,28,31H,4-10H2,1-3H3,(H,26,32)/t18-,21+,22+,24+/m1/s1. The molecule has 0 saturated carbocycles. The number of fused-ring (bicyclic) bond motifs is 3. The number of carbonyl (C=O) groups is 3. The van der Waals surface area contributed by atoms with E-state index < -0.39 is 30.1 Å². The number of carbonyl (C=O) groups excluding carboxylic acids is 3. The van der Waals surface area contributed by atoms with Gasteiger partial charge in [0.15, 0.2) is 11.5 Å². The van der Waals surface area contributed by atoms with Crippen LogP contribution in [0.5, 0.6) is 11.5 Å². The van der Waals surface area contributed by atoms with Gasteiger partial charge in [-0.2, -0.15) is 0 Å². The van der Waals surface area contributed by atoms with Gasteiger partial charge < -0.3 is 34.6 Å². The number of aldehydes is 1. The number of hydrogen-bond donors (Lipinski definition) is 3. The van der Waals surface area contributed by atoms with E-state index in [-0.39, 0.29) is 25.5 Å². The Hall–Kier alpha value is -2.95. The van der Waals surface area contributed by atoms with Crippen LogP contribution in [-0.2, 0) is 14.3 Å². The molecule has 35 heavy (non-hydrogen) atoms. The Morgan fingerprint density at radius 3 is 2.69 bits per heavy atom. The van der Waals surface area contributed by atoms with Crippen molar-refractivity contribution in [2.24, 2.45) is 0 Å². The van der Waals surface area contributed by atoms with Crippen LogP contribution < -0.4 is 14.8 Å². The highest BCUT2D eigenvalue weighted by Crippen LogP contribution is 2.51. The summed E-state index contributed by atoms with van der Waals surface area (Å²) >= 11 is 0. The predicted octanol–water partition coefficient (Wildman–Crippen LogP) is 0.796. The molecular weight excluding hydrogens is 456 g/mol. The van der Waals surface area contributed by atoms with Crippen molar-refractivity contribution < 1.29 is 38.8 Å². The molecule has 4 atom stereocenters. The minimum absolute atomic E-state index is 0.0398. The Bertz CT molecular complexity index is 963. The van der Waals surface area contributed by atoms with Crippen molar-refractivity contribution in [3.63, 3.8) is 0 Å². The second kappa shape index (κ2) is 12.1. The molecule has 1 heterocycles. The van der Waals surface area contributed by atoms with E-state index in [1.165, 1.54) is 13.2 Å². The zero-order chi connectivity index (χ0) is 25.5. The molecule has 3 N–H and O–H groups in total. The normalized spacial score (nSPS) is 22.4. The molecule has 10 nitrogen and oxygen atoms in total. The Kier molecular flexibility index (Phi) is 9.25. The van der Waals surface area contributed by atoms with Crippen LogP contribution in [0.1, 0.15) is 48.5 Å². The molecule has 2 aliphatic rings. The van der Waals surface area contributed by atoms with Crippen LogP contribution in [0.3, 0.4) is 0 Å². The Labute approximate surface area is 204 Å². The van der Waals surface area contributed by atoms with E-state index in [1.54, 1.807) is 24.0 Å². The lowest BCUT2D eigenvalue weighted by molar-refractivity contribution is -0.137. The van der Waals surface area contributed by atoms with Gasteiger partial charge in [-0.15, -0.1) is 0 Å². The molecule has 0 saturated heterocycles. The Morgan fingerprint density at radius 2 is 2.06 bits per heavy atom. The molecule has 0 fully saturated rings. The number of amides is 2.